The van der Waals surface area contributed by atoms with Gasteiger partial charge >= 0.3 is 0 Å². The summed E-state index contributed by atoms with van der Waals surface area (Å²) in [5.74, 6) is 0.330. The van der Waals surface area contributed by atoms with Crippen LogP contribution in [0.3, 0.4) is 0 Å². The number of aryl methyl sites for hydroxylation is 2. The molecule has 1 aliphatic rings. The van der Waals surface area contributed by atoms with E-state index >= 15 is 0 Å². The van der Waals surface area contributed by atoms with Gasteiger partial charge in [0.2, 0.25) is 5.91 Å². The fraction of sp³-hybridized carbons (Fsp3) is 0.529. The predicted octanol–water partition coefficient (Wildman–Crippen LogP) is 3.74. The molecule has 1 aliphatic carbocycles. The molecule has 0 heterocycles. The highest BCUT2D eigenvalue weighted by atomic mass is 32.2. The average Bonchev–Trinajstić information content (AvgIpc) is 2.47. The van der Waals surface area contributed by atoms with Crippen LogP contribution in [0.4, 0.5) is 0 Å². The number of hydrogen-bond donors (Lipinski definition) is 1. The van der Waals surface area contributed by atoms with Crippen LogP contribution in [0.2, 0.25) is 0 Å². The number of amides is 1. The maximum atomic E-state index is 12.1. The van der Waals surface area contributed by atoms with Crippen molar-refractivity contribution >= 4 is 17.7 Å². The minimum atomic E-state index is -0.627. The lowest BCUT2D eigenvalue weighted by atomic mass is 9.83. The van der Waals surface area contributed by atoms with Gasteiger partial charge in [0.15, 0.2) is 0 Å². The van der Waals surface area contributed by atoms with E-state index in [0.29, 0.717) is 5.75 Å². The Morgan fingerprint density at radius 3 is 2.67 bits per heavy atom. The Kier molecular flexibility index (Phi) is 5.30. The van der Waals surface area contributed by atoms with Crippen molar-refractivity contribution in [2.24, 2.45) is 0 Å². The maximum absolute atomic E-state index is 12.1. The minimum Gasteiger partial charge on any atom is -0.337 e. The zero-order valence-electron chi connectivity index (χ0n) is 12.7. The maximum Gasteiger partial charge on any atom is 0.231 e. The molecule has 112 valence electrons. The Labute approximate surface area is 131 Å². The van der Waals surface area contributed by atoms with Crippen molar-refractivity contribution in [2.45, 2.75) is 56.4 Å². The summed E-state index contributed by atoms with van der Waals surface area (Å²) < 4.78 is 0. The second-order valence-electron chi connectivity index (χ2n) is 5.86. The average molecular weight is 302 g/mol. The standard InChI is InChI=1S/C17H22N2OS/c1-13-6-7-15(14(2)10-13)21-11-16(20)19-17(12-18)8-4-3-5-9-17/h6-7,10H,3-5,8-9,11H2,1-2H3,(H,19,20). The van der Waals surface area contributed by atoms with Crippen LogP contribution in [0.15, 0.2) is 23.1 Å². The van der Waals surface area contributed by atoms with E-state index in [0.717, 1.165) is 37.0 Å². The first-order chi connectivity index (χ1) is 10.0. The van der Waals surface area contributed by atoms with Crippen LogP contribution >= 0.6 is 11.8 Å². The normalized spacial score (nSPS) is 17.0. The van der Waals surface area contributed by atoms with E-state index in [1.54, 1.807) is 11.8 Å². The van der Waals surface area contributed by atoms with Crippen molar-refractivity contribution in [2.75, 3.05) is 5.75 Å². The lowest BCUT2D eigenvalue weighted by molar-refractivity contribution is -0.120. The zero-order chi connectivity index (χ0) is 15.3. The van der Waals surface area contributed by atoms with Crippen molar-refractivity contribution in [3.8, 4) is 6.07 Å². The first-order valence-corrected chi connectivity index (χ1v) is 8.45. The van der Waals surface area contributed by atoms with Crippen LogP contribution in [0.5, 0.6) is 0 Å². The molecule has 3 nitrogen and oxygen atoms in total. The minimum absolute atomic E-state index is 0.0385. The predicted molar refractivity (Wildman–Crippen MR) is 86.2 cm³/mol. The van der Waals surface area contributed by atoms with Crippen molar-refractivity contribution in [1.82, 2.24) is 5.32 Å². The SMILES string of the molecule is Cc1ccc(SCC(=O)NC2(C#N)CCCCC2)c(C)c1. The number of nitrogens with one attached hydrogen (secondary N) is 1. The molecule has 1 amide bonds. The Bertz CT molecular complexity index is 556. The fourth-order valence-corrected chi connectivity index (χ4v) is 3.64. The van der Waals surface area contributed by atoms with Crippen molar-refractivity contribution in [3.63, 3.8) is 0 Å². The lowest BCUT2D eigenvalue weighted by Crippen LogP contribution is -2.49. The summed E-state index contributed by atoms with van der Waals surface area (Å²) in [6.45, 7) is 4.12. The molecular formula is C17H22N2OS. The summed E-state index contributed by atoms with van der Waals surface area (Å²) in [5.41, 5.74) is 1.80. The van der Waals surface area contributed by atoms with Crippen LogP contribution in [-0.4, -0.2) is 17.2 Å². The second-order valence-corrected chi connectivity index (χ2v) is 6.88. The van der Waals surface area contributed by atoms with Gasteiger partial charge in [-0.15, -0.1) is 11.8 Å². The molecule has 1 aromatic carbocycles. The van der Waals surface area contributed by atoms with Crippen LogP contribution < -0.4 is 5.32 Å². The molecular weight excluding hydrogens is 280 g/mol. The molecule has 0 atom stereocenters. The first-order valence-electron chi connectivity index (χ1n) is 7.47. The topological polar surface area (TPSA) is 52.9 Å². The van der Waals surface area contributed by atoms with E-state index < -0.39 is 5.54 Å². The van der Waals surface area contributed by atoms with E-state index in [-0.39, 0.29) is 5.91 Å². The molecule has 0 aromatic heterocycles. The number of carbonyl (C=O) groups excluding carboxylic acids is 1. The van der Waals surface area contributed by atoms with Crippen LogP contribution in [0.1, 0.15) is 43.2 Å². The highest BCUT2D eigenvalue weighted by molar-refractivity contribution is 8.00. The van der Waals surface area contributed by atoms with Gasteiger partial charge < -0.3 is 5.32 Å². The highest BCUT2D eigenvalue weighted by Gasteiger charge is 2.33. The van der Waals surface area contributed by atoms with Crippen LogP contribution in [0.25, 0.3) is 0 Å². The van der Waals surface area contributed by atoms with Gasteiger partial charge in [0.25, 0.3) is 0 Å². The lowest BCUT2D eigenvalue weighted by Gasteiger charge is -2.31. The Morgan fingerprint density at radius 2 is 2.05 bits per heavy atom. The van der Waals surface area contributed by atoms with E-state index in [1.807, 2.05) is 0 Å². The van der Waals surface area contributed by atoms with Gasteiger partial charge in [-0.05, 0) is 38.3 Å². The van der Waals surface area contributed by atoms with Gasteiger partial charge in [-0.1, -0.05) is 37.0 Å². The van der Waals surface area contributed by atoms with Gasteiger partial charge in [0, 0.05) is 4.90 Å². The molecule has 2 rings (SSSR count). The van der Waals surface area contributed by atoms with Crippen molar-refractivity contribution in [1.29, 1.82) is 5.26 Å². The number of nitriles is 1. The molecule has 0 spiro atoms. The third kappa shape index (κ3) is 4.25. The number of thioether (sulfide) groups is 1. The molecule has 0 bridgehead atoms. The van der Waals surface area contributed by atoms with E-state index in [2.05, 4.69) is 43.4 Å². The molecule has 0 unspecified atom stereocenters. The molecule has 21 heavy (non-hydrogen) atoms. The van der Waals surface area contributed by atoms with Gasteiger partial charge in [-0.2, -0.15) is 5.26 Å². The smallest absolute Gasteiger partial charge is 0.231 e. The Morgan fingerprint density at radius 1 is 1.33 bits per heavy atom. The quantitative estimate of drug-likeness (QED) is 0.862. The Balaban J connectivity index is 1.91. The van der Waals surface area contributed by atoms with E-state index in [9.17, 15) is 10.1 Å². The largest absolute Gasteiger partial charge is 0.337 e. The molecule has 0 saturated heterocycles. The van der Waals surface area contributed by atoms with Gasteiger partial charge in [-0.25, -0.2) is 0 Å². The third-order valence-electron chi connectivity index (χ3n) is 3.99. The highest BCUT2D eigenvalue weighted by Crippen LogP contribution is 2.28. The molecule has 1 aromatic rings. The monoisotopic (exact) mass is 302 g/mol. The van der Waals surface area contributed by atoms with Gasteiger partial charge in [0.1, 0.15) is 5.54 Å². The molecule has 0 radical (unpaired) electrons. The molecule has 1 N–H and O–H groups in total. The molecule has 0 aliphatic heterocycles. The first kappa shape index (κ1) is 15.9. The van der Waals surface area contributed by atoms with Crippen molar-refractivity contribution < 1.29 is 4.79 Å². The van der Waals surface area contributed by atoms with Crippen molar-refractivity contribution in [3.05, 3.63) is 29.3 Å². The second kappa shape index (κ2) is 7.00. The Hall–Kier alpha value is -1.47. The number of nitrogens with zero attached hydrogens (tertiary/aromatic N) is 1. The van der Waals surface area contributed by atoms with Crippen LogP contribution in [0, 0.1) is 25.2 Å². The van der Waals surface area contributed by atoms with E-state index in [4.69, 9.17) is 0 Å². The summed E-state index contributed by atoms with van der Waals surface area (Å²) in [4.78, 5) is 13.3. The summed E-state index contributed by atoms with van der Waals surface area (Å²) in [7, 11) is 0. The van der Waals surface area contributed by atoms with Crippen LogP contribution in [-0.2, 0) is 4.79 Å². The summed E-state index contributed by atoms with van der Waals surface area (Å²) in [6, 6.07) is 8.57. The number of carbonyl (C=O) groups is 1. The number of rotatable bonds is 4. The molecule has 1 fully saturated rings. The summed E-state index contributed by atoms with van der Waals surface area (Å²) in [5, 5.41) is 12.3. The number of hydrogen-bond acceptors (Lipinski definition) is 3. The summed E-state index contributed by atoms with van der Waals surface area (Å²) >= 11 is 1.54. The van der Waals surface area contributed by atoms with Gasteiger partial charge in [-0.3, -0.25) is 4.79 Å². The molecule has 1 saturated carbocycles. The molecule has 4 heteroatoms. The van der Waals surface area contributed by atoms with Gasteiger partial charge in [0.05, 0.1) is 11.8 Å². The fourth-order valence-electron chi connectivity index (χ4n) is 2.83. The third-order valence-corrected chi connectivity index (χ3v) is 5.16. The van der Waals surface area contributed by atoms with E-state index in [1.165, 1.54) is 11.1 Å². The zero-order valence-corrected chi connectivity index (χ0v) is 13.6. The summed E-state index contributed by atoms with van der Waals surface area (Å²) in [6.07, 6.45) is 4.78. The number of benzene rings is 1.